The van der Waals surface area contributed by atoms with E-state index >= 15 is 0 Å². The second kappa shape index (κ2) is 3.99. The zero-order chi connectivity index (χ0) is 10.1. The fourth-order valence-corrected chi connectivity index (χ4v) is 3.27. The maximum Gasteiger partial charge on any atom is 0.0929 e. The van der Waals surface area contributed by atoms with Gasteiger partial charge in [-0.3, -0.25) is 0 Å². The van der Waals surface area contributed by atoms with Crippen molar-refractivity contribution in [2.24, 2.45) is 5.92 Å². The number of nitrogens with zero attached hydrogens (tertiary/aromatic N) is 1. The Balaban J connectivity index is 2.33. The van der Waals surface area contributed by atoms with Crippen LogP contribution in [0.25, 0.3) is 0 Å². The molecule has 1 aromatic heterocycles. The molecular formula is C11H18N2S. The standard InChI is InChI=1S/C11H18N2S/c1-4-9-13-8-5-6-12-10(7(2)3)11(8)14-9/h7,10,12H,4-6H2,1-3H3/t10-/m1/s1. The summed E-state index contributed by atoms with van der Waals surface area (Å²) in [5.74, 6) is 0.666. The zero-order valence-electron chi connectivity index (χ0n) is 9.13. The van der Waals surface area contributed by atoms with Crippen molar-refractivity contribution >= 4 is 11.3 Å². The van der Waals surface area contributed by atoms with E-state index in [-0.39, 0.29) is 0 Å². The van der Waals surface area contributed by atoms with Crippen molar-refractivity contribution in [1.82, 2.24) is 10.3 Å². The average molecular weight is 210 g/mol. The monoisotopic (exact) mass is 210 g/mol. The second-order valence-corrected chi connectivity index (χ2v) is 5.31. The summed E-state index contributed by atoms with van der Waals surface area (Å²) >= 11 is 1.90. The van der Waals surface area contributed by atoms with Crippen LogP contribution in [0.15, 0.2) is 0 Å². The first kappa shape index (κ1) is 10.1. The lowest BCUT2D eigenvalue weighted by molar-refractivity contribution is 0.399. The van der Waals surface area contributed by atoms with Crippen LogP contribution in [-0.2, 0) is 12.8 Å². The highest BCUT2D eigenvalue weighted by Crippen LogP contribution is 2.33. The fourth-order valence-electron chi connectivity index (χ4n) is 1.96. The lowest BCUT2D eigenvalue weighted by Gasteiger charge is -2.26. The SMILES string of the molecule is CCc1nc2c(s1)[C@@H](C(C)C)NCC2. The van der Waals surface area contributed by atoms with Crippen LogP contribution in [0.5, 0.6) is 0 Å². The van der Waals surface area contributed by atoms with Crippen LogP contribution in [0.4, 0.5) is 0 Å². The van der Waals surface area contributed by atoms with Crippen molar-refractivity contribution in [2.45, 2.75) is 39.7 Å². The number of fused-ring (bicyclic) bond motifs is 1. The molecule has 1 N–H and O–H groups in total. The molecule has 0 saturated carbocycles. The summed E-state index contributed by atoms with van der Waals surface area (Å²) < 4.78 is 0. The first-order chi connectivity index (χ1) is 6.72. The van der Waals surface area contributed by atoms with Gasteiger partial charge in [0.15, 0.2) is 0 Å². The second-order valence-electron chi connectivity index (χ2n) is 4.20. The van der Waals surface area contributed by atoms with Crippen molar-refractivity contribution < 1.29 is 0 Å². The lowest BCUT2D eigenvalue weighted by Crippen LogP contribution is -2.32. The molecule has 2 heterocycles. The van der Waals surface area contributed by atoms with Crippen LogP contribution in [0.1, 0.15) is 42.4 Å². The van der Waals surface area contributed by atoms with E-state index in [1.54, 1.807) is 0 Å². The third kappa shape index (κ3) is 1.71. The summed E-state index contributed by atoms with van der Waals surface area (Å²) in [6.45, 7) is 7.82. The number of aryl methyl sites for hydroxylation is 1. The van der Waals surface area contributed by atoms with Gasteiger partial charge >= 0.3 is 0 Å². The van der Waals surface area contributed by atoms with Crippen molar-refractivity contribution in [3.63, 3.8) is 0 Å². The molecule has 0 amide bonds. The number of nitrogens with one attached hydrogen (secondary N) is 1. The Morgan fingerprint density at radius 3 is 3.00 bits per heavy atom. The van der Waals surface area contributed by atoms with Gasteiger partial charge in [0.25, 0.3) is 0 Å². The van der Waals surface area contributed by atoms with Gasteiger partial charge in [0, 0.05) is 23.9 Å². The molecule has 2 nitrogen and oxygen atoms in total. The molecule has 0 radical (unpaired) electrons. The highest BCUT2D eigenvalue weighted by atomic mass is 32.1. The average Bonchev–Trinajstić information content (AvgIpc) is 2.59. The van der Waals surface area contributed by atoms with Gasteiger partial charge in [-0.05, 0) is 12.3 Å². The van der Waals surface area contributed by atoms with Crippen LogP contribution in [0, 0.1) is 5.92 Å². The Morgan fingerprint density at radius 1 is 1.57 bits per heavy atom. The van der Waals surface area contributed by atoms with Gasteiger partial charge in [0.1, 0.15) is 0 Å². The number of hydrogen-bond acceptors (Lipinski definition) is 3. The van der Waals surface area contributed by atoms with Gasteiger partial charge in [0.05, 0.1) is 10.7 Å². The highest BCUT2D eigenvalue weighted by Gasteiger charge is 2.25. The van der Waals surface area contributed by atoms with E-state index in [0.717, 1.165) is 19.4 Å². The quantitative estimate of drug-likeness (QED) is 0.811. The lowest BCUT2D eigenvalue weighted by atomic mass is 9.98. The molecule has 1 atom stereocenters. The molecule has 0 unspecified atom stereocenters. The van der Waals surface area contributed by atoms with Crippen LogP contribution in [0.2, 0.25) is 0 Å². The predicted octanol–water partition coefficient (Wildman–Crippen LogP) is 2.55. The Kier molecular flexibility index (Phi) is 2.88. The topological polar surface area (TPSA) is 24.9 Å². The van der Waals surface area contributed by atoms with Crippen molar-refractivity contribution in [2.75, 3.05) is 6.54 Å². The molecule has 1 aliphatic heterocycles. The number of aromatic nitrogens is 1. The molecule has 0 bridgehead atoms. The van der Waals surface area contributed by atoms with Gasteiger partial charge < -0.3 is 5.32 Å². The Morgan fingerprint density at radius 2 is 2.36 bits per heavy atom. The van der Waals surface area contributed by atoms with E-state index in [1.165, 1.54) is 15.6 Å². The Bertz CT molecular complexity index is 317. The molecule has 0 spiro atoms. The summed E-state index contributed by atoms with van der Waals surface area (Å²) in [7, 11) is 0. The first-order valence-corrected chi connectivity index (χ1v) is 6.26. The van der Waals surface area contributed by atoms with Crippen LogP contribution in [-0.4, -0.2) is 11.5 Å². The van der Waals surface area contributed by atoms with Crippen molar-refractivity contribution in [3.05, 3.63) is 15.6 Å². The Labute approximate surface area is 89.8 Å². The molecule has 1 aliphatic rings. The number of thiazole rings is 1. The summed E-state index contributed by atoms with van der Waals surface area (Å²) in [5, 5.41) is 4.88. The summed E-state index contributed by atoms with van der Waals surface area (Å²) in [5.41, 5.74) is 1.35. The third-order valence-electron chi connectivity index (χ3n) is 2.75. The van der Waals surface area contributed by atoms with Crippen LogP contribution >= 0.6 is 11.3 Å². The molecule has 0 saturated heterocycles. The van der Waals surface area contributed by atoms with Gasteiger partial charge in [-0.1, -0.05) is 20.8 Å². The van der Waals surface area contributed by atoms with E-state index in [2.05, 4.69) is 31.1 Å². The molecule has 1 aromatic rings. The summed E-state index contributed by atoms with van der Waals surface area (Å²) in [4.78, 5) is 6.17. The van der Waals surface area contributed by atoms with Crippen LogP contribution in [0.3, 0.4) is 0 Å². The summed E-state index contributed by atoms with van der Waals surface area (Å²) in [6.07, 6.45) is 2.18. The number of hydrogen-bond donors (Lipinski definition) is 1. The number of rotatable bonds is 2. The summed E-state index contributed by atoms with van der Waals surface area (Å²) in [6, 6.07) is 0.538. The molecule has 14 heavy (non-hydrogen) atoms. The molecule has 0 fully saturated rings. The first-order valence-electron chi connectivity index (χ1n) is 5.44. The fraction of sp³-hybridized carbons (Fsp3) is 0.727. The smallest absolute Gasteiger partial charge is 0.0929 e. The minimum atomic E-state index is 0.538. The van der Waals surface area contributed by atoms with Gasteiger partial charge in [0.2, 0.25) is 0 Å². The van der Waals surface area contributed by atoms with E-state index in [1.807, 2.05) is 11.3 Å². The van der Waals surface area contributed by atoms with Gasteiger partial charge in [-0.15, -0.1) is 11.3 Å². The van der Waals surface area contributed by atoms with Gasteiger partial charge in [-0.2, -0.15) is 0 Å². The minimum absolute atomic E-state index is 0.538. The molecule has 0 aromatic carbocycles. The van der Waals surface area contributed by atoms with Crippen molar-refractivity contribution in [3.8, 4) is 0 Å². The zero-order valence-corrected chi connectivity index (χ0v) is 9.95. The largest absolute Gasteiger partial charge is 0.309 e. The maximum absolute atomic E-state index is 4.68. The molecule has 78 valence electrons. The third-order valence-corrected chi connectivity index (χ3v) is 4.07. The van der Waals surface area contributed by atoms with Crippen molar-refractivity contribution in [1.29, 1.82) is 0 Å². The predicted molar refractivity (Wildman–Crippen MR) is 60.8 cm³/mol. The minimum Gasteiger partial charge on any atom is -0.309 e. The van der Waals surface area contributed by atoms with E-state index < -0.39 is 0 Å². The Hall–Kier alpha value is -0.410. The molecule has 3 heteroatoms. The molecule has 2 rings (SSSR count). The maximum atomic E-state index is 4.68. The van der Waals surface area contributed by atoms with E-state index in [4.69, 9.17) is 0 Å². The van der Waals surface area contributed by atoms with E-state index in [9.17, 15) is 0 Å². The molecular weight excluding hydrogens is 192 g/mol. The van der Waals surface area contributed by atoms with Gasteiger partial charge in [-0.25, -0.2) is 4.98 Å². The molecule has 0 aliphatic carbocycles. The van der Waals surface area contributed by atoms with E-state index in [0.29, 0.717) is 12.0 Å². The van der Waals surface area contributed by atoms with Crippen LogP contribution < -0.4 is 5.32 Å². The normalized spacial score (nSPS) is 21.3. The highest BCUT2D eigenvalue weighted by molar-refractivity contribution is 7.11.